The fourth-order valence-corrected chi connectivity index (χ4v) is 1.70. The van der Waals surface area contributed by atoms with Crippen molar-refractivity contribution in [3.05, 3.63) is 47.6 Å². The van der Waals surface area contributed by atoms with Gasteiger partial charge in [0.25, 0.3) is 0 Å². The second-order valence-corrected chi connectivity index (χ2v) is 4.49. The van der Waals surface area contributed by atoms with E-state index in [1.54, 1.807) is 36.5 Å². The van der Waals surface area contributed by atoms with Crippen LogP contribution in [-0.4, -0.2) is 30.3 Å². The highest BCUT2D eigenvalue weighted by molar-refractivity contribution is 6.30. The summed E-state index contributed by atoms with van der Waals surface area (Å²) in [5.41, 5.74) is 0. The molecule has 0 aliphatic heterocycles. The SMILES string of the molecule is CN(CCO)c1cc(Oc2ccc(Cl)cc2)ccn1. The van der Waals surface area contributed by atoms with E-state index >= 15 is 0 Å². The van der Waals surface area contributed by atoms with Crippen molar-refractivity contribution in [2.45, 2.75) is 0 Å². The molecule has 1 heterocycles. The van der Waals surface area contributed by atoms with Crippen molar-refractivity contribution < 1.29 is 9.84 Å². The number of aromatic nitrogens is 1. The van der Waals surface area contributed by atoms with Crippen LogP contribution in [0.2, 0.25) is 5.02 Å². The van der Waals surface area contributed by atoms with E-state index in [2.05, 4.69) is 4.98 Å². The maximum absolute atomic E-state index is 8.92. The van der Waals surface area contributed by atoms with Crippen LogP contribution in [0.3, 0.4) is 0 Å². The summed E-state index contributed by atoms with van der Waals surface area (Å²) >= 11 is 5.82. The first-order valence-electron chi connectivity index (χ1n) is 5.90. The minimum absolute atomic E-state index is 0.0838. The topological polar surface area (TPSA) is 45.6 Å². The summed E-state index contributed by atoms with van der Waals surface area (Å²) < 4.78 is 5.71. The Morgan fingerprint density at radius 2 is 1.95 bits per heavy atom. The molecule has 4 nitrogen and oxygen atoms in total. The third-order valence-corrected chi connectivity index (χ3v) is 2.84. The van der Waals surface area contributed by atoms with Gasteiger partial charge < -0.3 is 14.7 Å². The maximum Gasteiger partial charge on any atom is 0.132 e. The number of anilines is 1. The largest absolute Gasteiger partial charge is 0.457 e. The molecule has 0 aliphatic rings. The van der Waals surface area contributed by atoms with Crippen LogP contribution < -0.4 is 9.64 Å². The zero-order valence-corrected chi connectivity index (χ0v) is 11.3. The minimum atomic E-state index is 0.0838. The Labute approximate surface area is 117 Å². The number of halogens is 1. The van der Waals surface area contributed by atoms with Gasteiger partial charge in [0.1, 0.15) is 17.3 Å². The lowest BCUT2D eigenvalue weighted by Crippen LogP contribution is -2.21. The highest BCUT2D eigenvalue weighted by atomic mass is 35.5. The zero-order valence-electron chi connectivity index (χ0n) is 10.6. The zero-order chi connectivity index (χ0) is 13.7. The van der Waals surface area contributed by atoms with Crippen molar-refractivity contribution in [2.24, 2.45) is 0 Å². The molecule has 0 atom stereocenters. The molecular formula is C14H15ClN2O2. The third-order valence-electron chi connectivity index (χ3n) is 2.59. The summed E-state index contributed by atoms with van der Waals surface area (Å²) in [5, 5.41) is 9.59. The van der Waals surface area contributed by atoms with Crippen LogP contribution in [-0.2, 0) is 0 Å². The second kappa shape index (κ2) is 6.41. The van der Waals surface area contributed by atoms with Crippen LogP contribution in [0.5, 0.6) is 11.5 Å². The van der Waals surface area contributed by atoms with Crippen molar-refractivity contribution in [1.29, 1.82) is 0 Å². The lowest BCUT2D eigenvalue weighted by molar-refractivity contribution is 0.304. The Bertz CT molecular complexity index is 531. The van der Waals surface area contributed by atoms with Gasteiger partial charge in [0.15, 0.2) is 0 Å². The molecule has 0 saturated heterocycles. The van der Waals surface area contributed by atoms with E-state index in [1.165, 1.54) is 0 Å². The second-order valence-electron chi connectivity index (χ2n) is 4.05. The number of pyridine rings is 1. The Morgan fingerprint density at radius 3 is 2.63 bits per heavy atom. The number of hydrogen-bond acceptors (Lipinski definition) is 4. The first kappa shape index (κ1) is 13.6. The normalized spacial score (nSPS) is 10.3. The van der Waals surface area contributed by atoms with Gasteiger partial charge in [-0.1, -0.05) is 11.6 Å². The molecule has 2 rings (SSSR count). The molecule has 0 fully saturated rings. The molecule has 1 N–H and O–H groups in total. The molecule has 0 radical (unpaired) electrons. The van der Waals surface area contributed by atoms with Gasteiger partial charge >= 0.3 is 0 Å². The lowest BCUT2D eigenvalue weighted by atomic mass is 10.3. The Hall–Kier alpha value is -1.78. The lowest BCUT2D eigenvalue weighted by Gasteiger charge is -2.17. The Balaban J connectivity index is 2.12. The summed E-state index contributed by atoms with van der Waals surface area (Å²) in [6, 6.07) is 10.8. The van der Waals surface area contributed by atoms with Crippen molar-refractivity contribution >= 4 is 17.4 Å². The molecular weight excluding hydrogens is 264 g/mol. The average Bonchev–Trinajstić information content (AvgIpc) is 2.42. The summed E-state index contributed by atoms with van der Waals surface area (Å²) in [6.07, 6.45) is 1.68. The smallest absolute Gasteiger partial charge is 0.132 e. The first-order chi connectivity index (χ1) is 9.19. The molecule has 0 spiro atoms. The van der Waals surface area contributed by atoms with Gasteiger partial charge in [0.2, 0.25) is 0 Å². The van der Waals surface area contributed by atoms with Gasteiger partial charge in [0.05, 0.1) is 6.61 Å². The van der Waals surface area contributed by atoms with Gasteiger partial charge in [0, 0.05) is 30.9 Å². The van der Waals surface area contributed by atoms with Crippen LogP contribution in [0.25, 0.3) is 0 Å². The quantitative estimate of drug-likeness (QED) is 0.913. The minimum Gasteiger partial charge on any atom is -0.457 e. The highest BCUT2D eigenvalue weighted by Crippen LogP contribution is 2.25. The van der Waals surface area contributed by atoms with Crippen molar-refractivity contribution in [3.8, 4) is 11.5 Å². The predicted octanol–water partition coefficient (Wildman–Crippen LogP) is 2.96. The number of ether oxygens (including phenoxy) is 1. The molecule has 1 aromatic carbocycles. The van der Waals surface area contributed by atoms with Gasteiger partial charge in [-0.25, -0.2) is 4.98 Å². The summed E-state index contributed by atoms with van der Waals surface area (Å²) in [7, 11) is 1.87. The van der Waals surface area contributed by atoms with Crippen LogP contribution in [0.4, 0.5) is 5.82 Å². The van der Waals surface area contributed by atoms with E-state index in [1.807, 2.05) is 18.0 Å². The van der Waals surface area contributed by atoms with E-state index in [9.17, 15) is 0 Å². The van der Waals surface area contributed by atoms with Crippen molar-refractivity contribution in [3.63, 3.8) is 0 Å². The molecule has 0 saturated carbocycles. The Morgan fingerprint density at radius 1 is 1.21 bits per heavy atom. The van der Waals surface area contributed by atoms with Crippen LogP contribution in [0, 0.1) is 0 Å². The van der Waals surface area contributed by atoms with Gasteiger partial charge in [-0.15, -0.1) is 0 Å². The standard InChI is InChI=1S/C14H15ClN2O2/c1-17(8-9-18)14-10-13(6-7-16-14)19-12-4-2-11(15)3-5-12/h2-7,10,18H,8-9H2,1H3. The first-order valence-corrected chi connectivity index (χ1v) is 6.28. The number of nitrogens with zero attached hydrogens (tertiary/aromatic N) is 2. The Kier molecular flexibility index (Phi) is 4.60. The number of likely N-dealkylation sites (N-methyl/N-ethyl adjacent to an activating group) is 1. The van der Waals surface area contributed by atoms with E-state index in [-0.39, 0.29) is 6.61 Å². The number of aliphatic hydroxyl groups excluding tert-OH is 1. The fourth-order valence-electron chi connectivity index (χ4n) is 1.58. The maximum atomic E-state index is 8.92. The van der Waals surface area contributed by atoms with E-state index in [4.69, 9.17) is 21.4 Å². The van der Waals surface area contributed by atoms with E-state index in [0.717, 1.165) is 5.82 Å². The van der Waals surface area contributed by atoms with Crippen LogP contribution in [0.1, 0.15) is 0 Å². The molecule has 2 aromatic rings. The summed E-state index contributed by atoms with van der Waals surface area (Å²) in [4.78, 5) is 6.08. The van der Waals surface area contributed by atoms with Crippen molar-refractivity contribution in [1.82, 2.24) is 4.98 Å². The van der Waals surface area contributed by atoms with Gasteiger partial charge in [-0.2, -0.15) is 0 Å². The molecule has 5 heteroatoms. The average molecular weight is 279 g/mol. The molecule has 0 aliphatic carbocycles. The molecule has 100 valence electrons. The predicted molar refractivity (Wildman–Crippen MR) is 76.1 cm³/mol. The molecule has 1 aromatic heterocycles. The molecule has 0 bridgehead atoms. The van der Waals surface area contributed by atoms with E-state index in [0.29, 0.717) is 23.1 Å². The summed E-state index contributed by atoms with van der Waals surface area (Å²) in [5.74, 6) is 2.16. The molecule has 0 amide bonds. The van der Waals surface area contributed by atoms with Crippen LogP contribution in [0.15, 0.2) is 42.6 Å². The number of benzene rings is 1. The van der Waals surface area contributed by atoms with E-state index < -0.39 is 0 Å². The van der Waals surface area contributed by atoms with Gasteiger partial charge in [-0.3, -0.25) is 0 Å². The summed E-state index contributed by atoms with van der Waals surface area (Å²) in [6.45, 7) is 0.609. The number of hydrogen-bond donors (Lipinski definition) is 1. The highest BCUT2D eigenvalue weighted by Gasteiger charge is 2.04. The number of aliphatic hydroxyl groups is 1. The molecule has 19 heavy (non-hydrogen) atoms. The van der Waals surface area contributed by atoms with Gasteiger partial charge in [-0.05, 0) is 30.3 Å². The van der Waals surface area contributed by atoms with Crippen LogP contribution >= 0.6 is 11.6 Å². The third kappa shape index (κ3) is 3.84. The number of rotatable bonds is 5. The molecule has 0 unspecified atom stereocenters. The van der Waals surface area contributed by atoms with Crippen molar-refractivity contribution in [2.75, 3.05) is 25.1 Å². The fraction of sp³-hybridized carbons (Fsp3) is 0.214. The monoisotopic (exact) mass is 278 g/mol.